The van der Waals surface area contributed by atoms with Crippen LogP contribution in [0.5, 0.6) is 5.75 Å². The zero-order valence-electron chi connectivity index (χ0n) is 10.8. The van der Waals surface area contributed by atoms with Crippen LogP contribution in [0.2, 0.25) is 0 Å². The fraction of sp³-hybridized carbons (Fsp3) is 0.143. The minimum absolute atomic E-state index is 0.0327. The lowest BCUT2D eigenvalue weighted by Crippen LogP contribution is -2.16. The van der Waals surface area contributed by atoms with E-state index in [1.54, 1.807) is 6.07 Å². The molecule has 1 aromatic heterocycles. The Hall–Kier alpha value is -2.34. The van der Waals surface area contributed by atoms with E-state index in [4.69, 9.17) is 9.84 Å². The maximum absolute atomic E-state index is 11.9. The smallest absolute Gasteiger partial charge is 0.337 e. The number of benzene rings is 1. The molecule has 1 aromatic carbocycles. The standard InChI is InChI=1S/C14H13NO4S/c1-19-9-4-5-11(14(17)18)12(7-9)15-13(16)8-10-3-2-6-20-10/h2-7H,8H2,1H3,(H,15,16)(H,17,18). The van der Waals surface area contributed by atoms with Gasteiger partial charge in [-0.2, -0.15) is 0 Å². The summed E-state index contributed by atoms with van der Waals surface area (Å²) in [6.45, 7) is 0. The van der Waals surface area contributed by atoms with Gasteiger partial charge in [0.2, 0.25) is 5.91 Å². The van der Waals surface area contributed by atoms with Crippen molar-refractivity contribution in [2.45, 2.75) is 6.42 Å². The number of thiophene rings is 1. The molecule has 2 N–H and O–H groups in total. The van der Waals surface area contributed by atoms with Gasteiger partial charge in [-0.3, -0.25) is 4.79 Å². The largest absolute Gasteiger partial charge is 0.497 e. The lowest BCUT2D eigenvalue weighted by Gasteiger charge is -2.10. The molecule has 0 spiro atoms. The maximum atomic E-state index is 11.9. The van der Waals surface area contributed by atoms with Crippen LogP contribution in [0.25, 0.3) is 0 Å². The monoisotopic (exact) mass is 291 g/mol. The Labute approximate surface area is 119 Å². The fourth-order valence-corrected chi connectivity index (χ4v) is 2.41. The predicted octanol–water partition coefficient (Wildman–Crippen LogP) is 2.64. The Morgan fingerprint density at radius 2 is 2.15 bits per heavy atom. The number of amides is 1. The van der Waals surface area contributed by atoms with Crippen molar-refractivity contribution in [3.8, 4) is 5.75 Å². The zero-order valence-corrected chi connectivity index (χ0v) is 11.6. The van der Waals surface area contributed by atoms with Crippen molar-refractivity contribution in [2.75, 3.05) is 12.4 Å². The van der Waals surface area contributed by atoms with E-state index in [9.17, 15) is 9.59 Å². The van der Waals surface area contributed by atoms with E-state index in [-0.39, 0.29) is 23.6 Å². The quantitative estimate of drug-likeness (QED) is 0.888. The van der Waals surface area contributed by atoms with E-state index in [0.29, 0.717) is 5.75 Å². The van der Waals surface area contributed by atoms with Crippen LogP contribution in [0, 0.1) is 0 Å². The summed E-state index contributed by atoms with van der Waals surface area (Å²) in [5, 5.41) is 13.6. The molecule has 0 atom stereocenters. The van der Waals surface area contributed by atoms with Crippen molar-refractivity contribution in [1.29, 1.82) is 0 Å². The second-order valence-corrected chi connectivity index (χ2v) is 5.05. The van der Waals surface area contributed by atoms with Crippen molar-refractivity contribution in [3.63, 3.8) is 0 Å². The first kappa shape index (κ1) is 14.1. The molecule has 0 saturated heterocycles. The molecule has 2 rings (SSSR count). The minimum Gasteiger partial charge on any atom is -0.497 e. The van der Waals surface area contributed by atoms with E-state index in [2.05, 4.69) is 5.32 Å². The molecule has 6 heteroatoms. The van der Waals surface area contributed by atoms with E-state index < -0.39 is 5.97 Å². The molecule has 2 aromatic rings. The van der Waals surface area contributed by atoms with Gasteiger partial charge in [0.15, 0.2) is 0 Å². The highest BCUT2D eigenvalue weighted by molar-refractivity contribution is 7.10. The third-order valence-corrected chi connectivity index (χ3v) is 3.52. The van der Waals surface area contributed by atoms with Gasteiger partial charge in [-0.25, -0.2) is 4.79 Å². The van der Waals surface area contributed by atoms with Gasteiger partial charge in [0, 0.05) is 10.9 Å². The van der Waals surface area contributed by atoms with Crippen molar-refractivity contribution in [1.82, 2.24) is 0 Å². The fourth-order valence-electron chi connectivity index (χ4n) is 1.71. The van der Waals surface area contributed by atoms with E-state index >= 15 is 0 Å². The maximum Gasteiger partial charge on any atom is 0.337 e. The number of hydrogen-bond acceptors (Lipinski definition) is 4. The van der Waals surface area contributed by atoms with Crippen molar-refractivity contribution < 1.29 is 19.4 Å². The number of carbonyl (C=O) groups excluding carboxylic acids is 1. The SMILES string of the molecule is COc1ccc(C(=O)O)c(NC(=O)Cc2cccs2)c1. The number of rotatable bonds is 5. The number of ether oxygens (including phenoxy) is 1. The molecular formula is C14H13NO4S. The van der Waals surface area contributed by atoms with E-state index in [1.807, 2.05) is 17.5 Å². The average molecular weight is 291 g/mol. The highest BCUT2D eigenvalue weighted by Gasteiger charge is 2.14. The molecule has 0 aliphatic heterocycles. The second-order valence-electron chi connectivity index (χ2n) is 4.02. The van der Waals surface area contributed by atoms with Crippen LogP contribution in [0.1, 0.15) is 15.2 Å². The number of carboxylic acids is 1. The molecular weight excluding hydrogens is 278 g/mol. The molecule has 0 radical (unpaired) electrons. The molecule has 104 valence electrons. The summed E-state index contributed by atoms with van der Waals surface area (Å²) >= 11 is 1.48. The predicted molar refractivity (Wildman–Crippen MR) is 76.6 cm³/mol. The Kier molecular flexibility index (Phi) is 4.37. The first-order chi connectivity index (χ1) is 9.60. The number of anilines is 1. The van der Waals surface area contributed by atoms with Gasteiger partial charge in [0.25, 0.3) is 0 Å². The topological polar surface area (TPSA) is 75.6 Å². The van der Waals surface area contributed by atoms with E-state index in [1.165, 1.54) is 30.6 Å². The van der Waals surface area contributed by atoms with Gasteiger partial charge in [-0.15, -0.1) is 11.3 Å². The molecule has 0 aliphatic rings. The molecule has 0 saturated carbocycles. The summed E-state index contributed by atoms with van der Waals surface area (Å²) in [6, 6.07) is 8.16. The van der Waals surface area contributed by atoms with Crippen molar-refractivity contribution in [3.05, 3.63) is 46.2 Å². The third kappa shape index (κ3) is 3.36. The average Bonchev–Trinajstić information content (AvgIpc) is 2.90. The van der Waals surface area contributed by atoms with Gasteiger partial charge >= 0.3 is 5.97 Å². The molecule has 0 aliphatic carbocycles. The highest BCUT2D eigenvalue weighted by atomic mass is 32.1. The highest BCUT2D eigenvalue weighted by Crippen LogP contribution is 2.23. The Bertz CT molecular complexity index is 622. The molecule has 20 heavy (non-hydrogen) atoms. The number of aromatic carboxylic acids is 1. The van der Waals surface area contributed by atoms with Gasteiger partial charge in [0.05, 0.1) is 24.8 Å². The van der Waals surface area contributed by atoms with Crippen LogP contribution in [0.3, 0.4) is 0 Å². The first-order valence-electron chi connectivity index (χ1n) is 5.83. The van der Waals surface area contributed by atoms with Gasteiger partial charge in [-0.05, 0) is 23.6 Å². The summed E-state index contributed by atoms with van der Waals surface area (Å²) in [5.41, 5.74) is 0.267. The molecule has 0 bridgehead atoms. The molecule has 0 fully saturated rings. The molecule has 1 heterocycles. The summed E-state index contributed by atoms with van der Waals surface area (Å²) in [6.07, 6.45) is 0.216. The van der Waals surface area contributed by atoms with Crippen LogP contribution in [0.15, 0.2) is 35.7 Å². The van der Waals surface area contributed by atoms with Crippen LogP contribution in [-0.2, 0) is 11.2 Å². The number of carboxylic acid groups (broad SMARTS) is 1. The lowest BCUT2D eigenvalue weighted by atomic mass is 10.1. The Balaban J connectivity index is 2.18. The lowest BCUT2D eigenvalue weighted by molar-refractivity contribution is -0.115. The zero-order chi connectivity index (χ0) is 14.5. The Morgan fingerprint density at radius 1 is 1.35 bits per heavy atom. The van der Waals surface area contributed by atoms with E-state index in [0.717, 1.165) is 4.88 Å². The van der Waals surface area contributed by atoms with Crippen LogP contribution in [-0.4, -0.2) is 24.1 Å². The van der Waals surface area contributed by atoms with Crippen LogP contribution >= 0.6 is 11.3 Å². The van der Waals surface area contributed by atoms with Gasteiger partial charge in [0.1, 0.15) is 5.75 Å². The normalized spacial score (nSPS) is 10.1. The molecule has 1 amide bonds. The second kappa shape index (κ2) is 6.21. The number of methoxy groups -OCH3 is 1. The molecule has 5 nitrogen and oxygen atoms in total. The summed E-state index contributed by atoms with van der Waals surface area (Å²) < 4.78 is 5.03. The first-order valence-corrected chi connectivity index (χ1v) is 6.71. The third-order valence-electron chi connectivity index (χ3n) is 2.65. The number of hydrogen-bond donors (Lipinski definition) is 2. The van der Waals surface area contributed by atoms with Crippen molar-refractivity contribution in [2.24, 2.45) is 0 Å². The number of nitrogens with one attached hydrogen (secondary N) is 1. The Morgan fingerprint density at radius 3 is 2.75 bits per heavy atom. The minimum atomic E-state index is -1.10. The molecule has 0 unspecified atom stereocenters. The van der Waals surface area contributed by atoms with Gasteiger partial charge in [-0.1, -0.05) is 6.07 Å². The van der Waals surface area contributed by atoms with Crippen LogP contribution in [0.4, 0.5) is 5.69 Å². The summed E-state index contributed by atoms with van der Waals surface area (Å²) in [7, 11) is 1.48. The number of carbonyl (C=O) groups is 2. The van der Waals surface area contributed by atoms with Crippen LogP contribution < -0.4 is 10.1 Å². The summed E-state index contributed by atoms with van der Waals surface area (Å²) in [4.78, 5) is 24.0. The van der Waals surface area contributed by atoms with Gasteiger partial charge < -0.3 is 15.2 Å². The van der Waals surface area contributed by atoms with Crippen molar-refractivity contribution >= 4 is 28.9 Å². The summed E-state index contributed by atoms with van der Waals surface area (Å²) in [5.74, 6) is -0.872.